The second kappa shape index (κ2) is 4.13. The highest BCUT2D eigenvalue weighted by Gasteiger charge is 2.08. The first kappa shape index (κ1) is 11.5. The van der Waals surface area contributed by atoms with E-state index in [0.29, 0.717) is 0 Å². The third kappa shape index (κ3) is 2.11. The zero-order chi connectivity index (χ0) is 12.6. The average molecular weight is 228 g/mol. The van der Waals surface area contributed by atoms with Gasteiger partial charge in [0.15, 0.2) is 11.5 Å². The topological polar surface area (TPSA) is 40.5 Å². The Kier molecular flexibility index (Phi) is 2.80. The summed E-state index contributed by atoms with van der Waals surface area (Å²) in [6.07, 6.45) is 0. The summed E-state index contributed by atoms with van der Waals surface area (Å²) in [6, 6.07) is 9.17. The van der Waals surface area contributed by atoms with Crippen LogP contribution in [0.1, 0.15) is 16.7 Å². The van der Waals surface area contributed by atoms with Gasteiger partial charge in [-0.05, 0) is 55.2 Å². The van der Waals surface area contributed by atoms with Gasteiger partial charge in [-0.25, -0.2) is 0 Å². The van der Waals surface area contributed by atoms with E-state index in [1.165, 1.54) is 22.8 Å². The second-order valence-electron chi connectivity index (χ2n) is 4.48. The molecule has 2 N–H and O–H groups in total. The molecule has 0 fully saturated rings. The van der Waals surface area contributed by atoms with Gasteiger partial charge in [-0.1, -0.05) is 23.8 Å². The first-order valence-corrected chi connectivity index (χ1v) is 5.59. The Labute approximate surface area is 101 Å². The molecular weight excluding hydrogens is 212 g/mol. The van der Waals surface area contributed by atoms with Gasteiger partial charge in [-0.15, -0.1) is 0 Å². The molecule has 88 valence electrons. The minimum atomic E-state index is -0.0869. The highest BCUT2D eigenvalue weighted by molar-refractivity contribution is 5.73. The molecule has 0 bridgehead atoms. The van der Waals surface area contributed by atoms with Crippen molar-refractivity contribution >= 4 is 0 Å². The molecule has 0 aliphatic heterocycles. The van der Waals surface area contributed by atoms with Gasteiger partial charge in [0.2, 0.25) is 0 Å². The predicted octanol–water partition coefficient (Wildman–Crippen LogP) is 3.69. The van der Waals surface area contributed by atoms with E-state index in [4.69, 9.17) is 0 Å². The summed E-state index contributed by atoms with van der Waals surface area (Å²) >= 11 is 0. The summed E-state index contributed by atoms with van der Waals surface area (Å²) in [7, 11) is 0. The molecule has 0 radical (unpaired) electrons. The summed E-state index contributed by atoms with van der Waals surface area (Å²) in [6.45, 7) is 6.18. The third-order valence-corrected chi connectivity index (χ3v) is 2.94. The molecule has 0 aromatic heterocycles. The van der Waals surface area contributed by atoms with Gasteiger partial charge >= 0.3 is 0 Å². The summed E-state index contributed by atoms with van der Waals surface area (Å²) in [5.41, 5.74) is 5.62. The molecule has 2 nitrogen and oxygen atoms in total. The second-order valence-corrected chi connectivity index (χ2v) is 4.48. The van der Waals surface area contributed by atoms with Crippen molar-refractivity contribution in [3.05, 3.63) is 47.0 Å². The molecule has 2 heteroatoms. The molecule has 2 aromatic carbocycles. The number of hydrogen-bond donors (Lipinski definition) is 2. The summed E-state index contributed by atoms with van der Waals surface area (Å²) in [4.78, 5) is 0. The molecule has 2 aromatic rings. The van der Waals surface area contributed by atoms with Gasteiger partial charge < -0.3 is 10.2 Å². The molecule has 0 aliphatic carbocycles. The highest BCUT2D eigenvalue weighted by Crippen LogP contribution is 2.34. The monoisotopic (exact) mass is 228 g/mol. The summed E-state index contributed by atoms with van der Waals surface area (Å²) < 4.78 is 0. The molecule has 0 saturated heterocycles. The van der Waals surface area contributed by atoms with Crippen molar-refractivity contribution in [3.8, 4) is 22.6 Å². The minimum absolute atomic E-state index is 0.0816. The number of hydrogen-bond acceptors (Lipinski definition) is 2. The number of phenolic OH excluding ortho intramolecular Hbond substituents is 2. The minimum Gasteiger partial charge on any atom is -0.504 e. The largest absolute Gasteiger partial charge is 0.504 e. The zero-order valence-electron chi connectivity index (χ0n) is 10.3. The van der Waals surface area contributed by atoms with E-state index >= 15 is 0 Å². The van der Waals surface area contributed by atoms with Gasteiger partial charge in [0.05, 0.1) is 0 Å². The molecule has 0 aliphatic rings. The molecule has 0 amide bonds. The Balaban J connectivity index is 2.64. The van der Waals surface area contributed by atoms with Crippen molar-refractivity contribution in [3.63, 3.8) is 0 Å². The third-order valence-electron chi connectivity index (χ3n) is 2.94. The van der Waals surface area contributed by atoms with Crippen LogP contribution >= 0.6 is 0 Å². The maximum atomic E-state index is 9.55. The lowest BCUT2D eigenvalue weighted by molar-refractivity contribution is 0.404. The normalized spacial score (nSPS) is 10.5. The van der Waals surface area contributed by atoms with Crippen molar-refractivity contribution < 1.29 is 10.2 Å². The predicted molar refractivity (Wildman–Crippen MR) is 69.4 cm³/mol. The van der Waals surface area contributed by atoms with Crippen LogP contribution < -0.4 is 0 Å². The summed E-state index contributed by atoms with van der Waals surface area (Å²) in [5, 5.41) is 18.9. The number of benzene rings is 2. The van der Waals surface area contributed by atoms with Gasteiger partial charge in [-0.3, -0.25) is 0 Å². The van der Waals surface area contributed by atoms with Gasteiger partial charge in [0.1, 0.15) is 0 Å². The smallest absolute Gasteiger partial charge is 0.158 e. The molecule has 0 unspecified atom stereocenters. The van der Waals surface area contributed by atoms with E-state index in [1.54, 1.807) is 6.07 Å². The first-order valence-electron chi connectivity index (χ1n) is 5.59. The van der Waals surface area contributed by atoms with Gasteiger partial charge in [0.25, 0.3) is 0 Å². The van der Waals surface area contributed by atoms with Crippen LogP contribution in [0.3, 0.4) is 0 Å². The van der Waals surface area contributed by atoms with Crippen LogP contribution in [0.25, 0.3) is 11.1 Å². The Hall–Kier alpha value is -1.96. The molecule has 0 saturated carbocycles. The van der Waals surface area contributed by atoms with E-state index in [0.717, 1.165) is 11.1 Å². The molecular formula is C15H16O2. The lowest BCUT2D eigenvalue weighted by atomic mass is 9.94. The fourth-order valence-corrected chi connectivity index (χ4v) is 2.31. The van der Waals surface area contributed by atoms with Crippen LogP contribution in [0, 0.1) is 20.8 Å². The van der Waals surface area contributed by atoms with Crippen LogP contribution in [0.2, 0.25) is 0 Å². The Bertz CT molecular complexity index is 548. The lowest BCUT2D eigenvalue weighted by Crippen LogP contribution is -1.89. The van der Waals surface area contributed by atoms with Crippen molar-refractivity contribution in [2.24, 2.45) is 0 Å². The van der Waals surface area contributed by atoms with E-state index in [9.17, 15) is 10.2 Å². The van der Waals surface area contributed by atoms with E-state index in [-0.39, 0.29) is 11.5 Å². The van der Waals surface area contributed by atoms with Crippen molar-refractivity contribution in [2.75, 3.05) is 0 Å². The number of aryl methyl sites for hydroxylation is 3. The first-order chi connectivity index (χ1) is 7.99. The SMILES string of the molecule is Cc1cc(C)c(-c2ccc(O)c(O)c2)c(C)c1. The summed E-state index contributed by atoms with van der Waals surface area (Å²) in [5.74, 6) is -0.168. The fraction of sp³-hybridized carbons (Fsp3) is 0.200. The molecule has 0 spiro atoms. The van der Waals surface area contributed by atoms with Crippen molar-refractivity contribution in [1.29, 1.82) is 0 Å². The molecule has 17 heavy (non-hydrogen) atoms. The van der Waals surface area contributed by atoms with Crippen LogP contribution in [-0.2, 0) is 0 Å². The van der Waals surface area contributed by atoms with E-state index in [1.807, 2.05) is 6.07 Å². The zero-order valence-corrected chi connectivity index (χ0v) is 10.3. The Morgan fingerprint density at radius 1 is 0.765 bits per heavy atom. The number of rotatable bonds is 1. The van der Waals surface area contributed by atoms with Crippen LogP contribution in [-0.4, -0.2) is 10.2 Å². The highest BCUT2D eigenvalue weighted by atomic mass is 16.3. The Morgan fingerprint density at radius 2 is 1.35 bits per heavy atom. The van der Waals surface area contributed by atoms with E-state index in [2.05, 4.69) is 32.9 Å². The Morgan fingerprint density at radius 3 is 1.88 bits per heavy atom. The maximum absolute atomic E-state index is 9.55. The molecule has 0 atom stereocenters. The fourth-order valence-electron chi connectivity index (χ4n) is 2.31. The molecule has 2 rings (SSSR count). The lowest BCUT2D eigenvalue weighted by Gasteiger charge is -2.12. The number of phenols is 2. The molecule has 0 heterocycles. The number of aromatic hydroxyl groups is 2. The average Bonchev–Trinajstić information content (AvgIpc) is 2.21. The van der Waals surface area contributed by atoms with E-state index < -0.39 is 0 Å². The van der Waals surface area contributed by atoms with Crippen molar-refractivity contribution in [2.45, 2.75) is 20.8 Å². The van der Waals surface area contributed by atoms with Crippen LogP contribution in [0.4, 0.5) is 0 Å². The standard InChI is InChI=1S/C15H16O2/c1-9-6-10(2)15(11(3)7-9)12-4-5-13(16)14(17)8-12/h4-8,16-17H,1-3H3. The van der Waals surface area contributed by atoms with Gasteiger partial charge in [-0.2, -0.15) is 0 Å². The maximum Gasteiger partial charge on any atom is 0.158 e. The van der Waals surface area contributed by atoms with Crippen molar-refractivity contribution in [1.82, 2.24) is 0 Å². The van der Waals surface area contributed by atoms with Gasteiger partial charge in [0, 0.05) is 0 Å². The van der Waals surface area contributed by atoms with Crippen LogP contribution in [0.5, 0.6) is 11.5 Å². The quantitative estimate of drug-likeness (QED) is 0.731. The van der Waals surface area contributed by atoms with Crippen LogP contribution in [0.15, 0.2) is 30.3 Å².